The summed E-state index contributed by atoms with van der Waals surface area (Å²) in [6, 6.07) is 6.90. The summed E-state index contributed by atoms with van der Waals surface area (Å²) >= 11 is 6.19. The van der Waals surface area contributed by atoms with Crippen LogP contribution in [0.1, 0.15) is 78.6 Å². The fourth-order valence-electron chi connectivity index (χ4n) is 6.02. The lowest BCUT2D eigenvalue weighted by Crippen LogP contribution is -2.50. The fraction of sp³-hybridized carbons (Fsp3) is 0.588. The van der Waals surface area contributed by atoms with Crippen molar-refractivity contribution < 1.29 is 37.4 Å². The third kappa shape index (κ3) is 9.48. The number of amidine groups is 1. The van der Waals surface area contributed by atoms with Gasteiger partial charge in [-0.05, 0) is 67.1 Å². The van der Waals surface area contributed by atoms with E-state index >= 15 is 0 Å². The Hall–Kier alpha value is -4.29. The summed E-state index contributed by atoms with van der Waals surface area (Å²) in [6.45, 7) is 10.5. The Balaban J connectivity index is 1.59. The van der Waals surface area contributed by atoms with E-state index in [1.165, 1.54) is 43.0 Å². The molecule has 1 amide bonds. The zero-order valence-electron chi connectivity index (χ0n) is 29.3. The van der Waals surface area contributed by atoms with Gasteiger partial charge in [-0.1, -0.05) is 22.8 Å². The number of halogens is 3. The minimum atomic E-state index is -1.54. The third-order valence-electron chi connectivity index (χ3n) is 8.54. The van der Waals surface area contributed by atoms with E-state index in [0.717, 1.165) is 0 Å². The van der Waals surface area contributed by atoms with Gasteiger partial charge in [0.1, 0.15) is 29.8 Å². The van der Waals surface area contributed by atoms with Crippen molar-refractivity contribution in [2.24, 2.45) is 10.9 Å². The van der Waals surface area contributed by atoms with Gasteiger partial charge in [0.25, 0.3) is 0 Å². The van der Waals surface area contributed by atoms with Crippen LogP contribution in [0.5, 0.6) is 11.8 Å². The molecule has 1 aromatic carbocycles. The van der Waals surface area contributed by atoms with Crippen LogP contribution < -0.4 is 15.2 Å². The third-order valence-corrected chi connectivity index (χ3v) is 8.86. The minimum Gasteiger partial charge on any atom is -0.474 e. The fourth-order valence-corrected chi connectivity index (χ4v) is 6.42. The van der Waals surface area contributed by atoms with Gasteiger partial charge in [-0.25, -0.2) is 18.4 Å². The zero-order chi connectivity index (χ0) is 37.0. The molecule has 2 N–H and O–H groups in total. The maximum absolute atomic E-state index is 14.6. The second-order valence-corrected chi connectivity index (χ2v) is 14.5. The van der Waals surface area contributed by atoms with E-state index in [2.05, 4.69) is 21.2 Å². The van der Waals surface area contributed by atoms with E-state index in [-0.39, 0.29) is 60.1 Å². The van der Waals surface area contributed by atoms with Crippen LogP contribution in [-0.4, -0.2) is 93.9 Å². The van der Waals surface area contributed by atoms with Gasteiger partial charge in [0.2, 0.25) is 23.4 Å². The molecule has 0 unspecified atom stereocenters. The van der Waals surface area contributed by atoms with Gasteiger partial charge in [-0.15, -0.1) is 0 Å². The van der Waals surface area contributed by atoms with Gasteiger partial charge in [0.05, 0.1) is 30.0 Å². The van der Waals surface area contributed by atoms with Crippen LogP contribution >= 0.6 is 11.6 Å². The number of nitrogens with zero attached hydrogens (tertiary/aromatic N) is 6. The number of hydrogen-bond donors (Lipinski definition) is 1. The lowest BCUT2D eigenvalue weighted by molar-refractivity contribution is -0.149. The first-order valence-electron chi connectivity index (χ1n) is 16.3. The zero-order valence-corrected chi connectivity index (χ0v) is 30.0. The van der Waals surface area contributed by atoms with Crippen molar-refractivity contribution in [1.29, 1.82) is 5.26 Å². The van der Waals surface area contributed by atoms with Crippen LogP contribution in [-0.2, 0) is 19.8 Å². The van der Waals surface area contributed by atoms with Crippen molar-refractivity contribution in [3.63, 3.8) is 0 Å². The van der Waals surface area contributed by atoms with Gasteiger partial charge in [-0.3, -0.25) is 4.90 Å². The number of aromatic nitrogens is 2. The number of carbonyl (C=O) groups is 2. The van der Waals surface area contributed by atoms with Crippen molar-refractivity contribution in [3.8, 4) is 17.8 Å². The van der Waals surface area contributed by atoms with E-state index in [1.54, 1.807) is 34.7 Å². The molecule has 2 aromatic rings. The molecule has 16 heteroatoms. The quantitative estimate of drug-likeness (QED) is 0.147. The Labute approximate surface area is 295 Å². The lowest BCUT2D eigenvalue weighted by Gasteiger charge is -2.38. The Morgan fingerprint density at radius 1 is 1.20 bits per heavy atom. The number of oxime groups is 1. The SMILES string of the molecule is C[C@H](Oc1cc(O[C@H]2CCN(C(=O)OC(C)(C)C)[C@H](CC#N)C2)nc(C(N)=NOC(=O)C(C)(C)c2c(F)cccc2Cl)n1)[C@@H]1C[C@H](F)CN1C. The molecule has 13 nitrogen and oxygen atoms in total. The molecule has 2 fully saturated rings. The predicted molar refractivity (Wildman–Crippen MR) is 180 cm³/mol. The summed E-state index contributed by atoms with van der Waals surface area (Å²) in [4.78, 5) is 43.2. The number of likely N-dealkylation sites (tertiary alicyclic amines) is 2. The number of likely N-dealkylation sites (N-methyl/N-ethyl adjacent to an activating group) is 1. The molecule has 2 aliphatic rings. The maximum Gasteiger partial charge on any atom is 0.410 e. The summed E-state index contributed by atoms with van der Waals surface area (Å²) in [5.74, 6) is -2.19. The summed E-state index contributed by atoms with van der Waals surface area (Å²) in [7, 11) is 1.81. The molecular formula is C34H44ClF2N7O6. The maximum atomic E-state index is 14.6. The Morgan fingerprint density at radius 2 is 1.90 bits per heavy atom. The number of benzene rings is 1. The van der Waals surface area contributed by atoms with Crippen molar-refractivity contribution in [2.75, 3.05) is 20.1 Å². The van der Waals surface area contributed by atoms with E-state index < -0.39 is 59.2 Å². The topological polar surface area (TPSA) is 165 Å². The highest BCUT2D eigenvalue weighted by Gasteiger charge is 2.38. The highest BCUT2D eigenvalue weighted by molar-refractivity contribution is 6.31. The first kappa shape index (κ1) is 38.5. The summed E-state index contributed by atoms with van der Waals surface area (Å²) < 4.78 is 46.7. The molecule has 0 saturated carbocycles. The number of rotatable bonds is 10. The Kier molecular flexibility index (Phi) is 12.1. The lowest BCUT2D eigenvalue weighted by atomic mass is 9.84. The van der Waals surface area contributed by atoms with E-state index in [0.29, 0.717) is 12.8 Å². The number of amides is 1. The summed E-state index contributed by atoms with van der Waals surface area (Å²) in [5.41, 5.74) is 3.87. The van der Waals surface area contributed by atoms with Crippen molar-refractivity contribution >= 4 is 29.5 Å². The second kappa shape index (κ2) is 15.7. The molecule has 5 atom stereocenters. The van der Waals surface area contributed by atoms with Crippen LogP contribution in [0.15, 0.2) is 29.4 Å². The molecule has 50 heavy (non-hydrogen) atoms. The Morgan fingerprint density at radius 3 is 2.52 bits per heavy atom. The molecule has 272 valence electrons. The van der Waals surface area contributed by atoms with Crippen LogP contribution in [0.2, 0.25) is 5.02 Å². The minimum absolute atomic E-state index is 0.0360. The Bertz CT molecular complexity index is 1610. The number of alkyl halides is 1. The average Bonchev–Trinajstić information content (AvgIpc) is 3.36. The van der Waals surface area contributed by atoms with Gasteiger partial charge in [-0.2, -0.15) is 15.2 Å². The first-order valence-corrected chi connectivity index (χ1v) is 16.7. The number of carbonyl (C=O) groups excluding carboxylic acids is 2. The van der Waals surface area contributed by atoms with Crippen molar-refractivity contribution in [2.45, 2.75) is 109 Å². The molecule has 0 spiro atoms. The molecule has 1 aromatic heterocycles. The summed E-state index contributed by atoms with van der Waals surface area (Å²) in [6.07, 6.45) is -1.46. The van der Waals surface area contributed by atoms with Crippen LogP contribution in [0.4, 0.5) is 13.6 Å². The number of ether oxygens (including phenoxy) is 3. The van der Waals surface area contributed by atoms with E-state index in [1.807, 2.05) is 4.90 Å². The molecular weight excluding hydrogens is 676 g/mol. The van der Waals surface area contributed by atoms with Crippen LogP contribution in [0.3, 0.4) is 0 Å². The average molecular weight is 720 g/mol. The highest BCUT2D eigenvalue weighted by Crippen LogP contribution is 2.34. The van der Waals surface area contributed by atoms with E-state index in [4.69, 9.17) is 36.4 Å². The van der Waals surface area contributed by atoms with Crippen LogP contribution in [0, 0.1) is 17.1 Å². The first-order chi connectivity index (χ1) is 23.4. The number of piperidine rings is 1. The van der Waals surface area contributed by atoms with Gasteiger partial charge in [0, 0.05) is 42.6 Å². The normalized spacial score (nSPS) is 22.4. The van der Waals surface area contributed by atoms with Crippen molar-refractivity contribution in [1.82, 2.24) is 19.8 Å². The van der Waals surface area contributed by atoms with Gasteiger partial charge in [0.15, 0.2) is 0 Å². The molecule has 3 heterocycles. The highest BCUT2D eigenvalue weighted by atomic mass is 35.5. The number of hydrogen-bond acceptors (Lipinski definition) is 11. The predicted octanol–water partition coefficient (Wildman–Crippen LogP) is 5.28. The number of nitriles is 1. The smallest absolute Gasteiger partial charge is 0.410 e. The number of nitrogens with two attached hydrogens (primary N) is 1. The molecule has 0 radical (unpaired) electrons. The molecule has 4 rings (SSSR count). The summed E-state index contributed by atoms with van der Waals surface area (Å²) in [5, 5.41) is 13.3. The monoisotopic (exact) mass is 719 g/mol. The van der Waals surface area contributed by atoms with Gasteiger partial charge >= 0.3 is 12.1 Å². The second-order valence-electron chi connectivity index (χ2n) is 14.1. The van der Waals surface area contributed by atoms with E-state index in [9.17, 15) is 23.6 Å². The van der Waals surface area contributed by atoms with Gasteiger partial charge < -0.3 is 29.7 Å². The van der Waals surface area contributed by atoms with Crippen molar-refractivity contribution in [3.05, 3.63) is 46.5 Å². The molecule has 2 saturated heterocycles. The standard InChI is InChI=1S/C34H44ClF2N7O6/c1-19(25-15-20(36)18-43(25)7)47-26-17-27(48-22-12-14-44(21(16-22)11-13-38)32(46)49-33(2,3)4)41-30(40-26)29(39)42-50-31(45)34(5,6)28-23(35)9-8-10-24(28)37/h8-10,17,19-22,25H,11-12,14-16,18H2,1-7H3,(H2,39,42)/t19-,20-,21+,22-,25-/m0/s1. The molecule has 0 bridgehead atoms. The largest absolute Gasteiger partial charge is 0.474 e. The van der Waals surface area contributed by atoms with Crippen LogP contribution in [0.25, 0.3) is 0 Å². The molecule has 0 aliphatic carbocycles. The molecule has 2 aliphatic heterocycles.